The summed E-state index contributed by atoms with van der Waals surface area (Å²) in [4.78, 5) is 9.04. The average Bonchev–Trinajstić information content (AvgIpc) is 2.68. The van der Waals surface area contributed by atoms with E-state index in [-0.39, 0.29) is 24.0 Å². The van der Waals surface area contributed by atoms with Gasteiger partial charge in [0.2, 0.25) is 0 Å². The Morgan fingerprint density at radius 2 is 2.00 bits per heavy atom. The minimum Gasteiger partial charge on any atom is -0.491 e. The Balaban J connectivity index is 0.00000392. The Morgan fingerprint density at radius 1 is 1.14 bits per heavy atom. The summed E-state index contributed by atoms with van der Waals surface area (Å²) in [5.41, 5.74) is 3.28. The second kappa shape index (κ2) is 14.2. The van der Waals surface area contributed by atoms with Crippen molar-refractivity contribution >= 4 is 29.9 Å². The van der Waals surface area contributed by atoms with Gasteiger partial charge in [-0.2, -0.15) is 0 Å². The van der Waals surface area contributed by atoms with Crippen LogP contribution in [0.4, 0.5) is 0 Å². The molecule has 0 saturated carbocycles. The third kappa shape index (κ3) is 8.88. The number of aryl methyl sites for hydroxylation is 1. The first kappa shape index (κ1) is 24.2. The van der Waals surface area contributed by atoms with Gasteiger partial charge in [0.15, 0.2) is 5.96 Å². The lowest BCUT2D eigenvalue weighted by atomic mass is 10.1. The fraction of sp³-hybridized carbons (Fsp3) is 0.429. The van der Waals surface area contributed by atoms with E-state index >= 15 is 0 Å². The highest BCUT2D eigenvalue weighted by Crippen LogP contribution is 2.21. The second-order valence-corrected chi connectivity index (χ2v) is 6.15. The maximum atomic E-state index is 5.85. The van der Waals surface area contributed by atoms with Crippen molar-refractivity contribution in [2.75, 3.05) is 33.4 Å². The third-order valence-electron chi connectivity index (χ3n) is 3.92. The predicted octanol–water partition coefficient (Wildman–Crippen LogP) is 3.33. The Labute approximate surface area is 185 Å². The fourth-order valence-corrected chi connectivity index (χ4v) is 2.52. The molecule has 0 fully saturated rings. The molecule has 0 bridgehead atoms. The molecule has 7 heteroatoms. The Bertz CT molecular complexity index is 711. The zero-order valence-electron chi connectivity index (χ0n) is 16.9. The van der Waals surface area contributed by atoms with Crippen LogP contribution in [0.1, 0.15) is 23.7 Å². The molecular weight excluding hydrogens is 467 g/mol. The molecule has 2 aromatic rings. The molecule has 2 rings (SSSR count). The van der Waals surface area contributed by atoms with Crippen LogP contribution in [0.25, 0.3) is 0 Å². The van der Waals surface area contributed by atoms with Crippen molar-refractivity contribution in [2.24, 2.45) is 4.99 Å². The first-order valence-electron chi connectivity index (χ1n) is 9.36. The Morgan fingerprint density at radius 3 is 2.71 bits per heavy atom. The van der Waals surface area contributed by atoms with Crippen molar-refractivity contribution < 1.29 is 9.47 Å². The SMILES string of the molecule is CCNC(=NCc1ccc(C)cc1OCCOC)NCCc1ccccn1.I. The molecule has 154 valence electrons. The number of pyridine rings is 1. The number of rotatable bonds is 10. The van der Waals surface area contributed by atoms with Gasteiger partial charge >= 0.3 is 0 Å². The maximum absolute atomic E-state index is 5.85. The first-order chi connectivity index (χ1) is 13.2. The Hall–Kier alpha value is -1.87. The molecule has 0 unspecified atom stereocenters. The van der Waals surface area contributed by atoms with E-state index in [1.807, 2.05) is 30.5 Å². The number of benzene rings is 1. The number of guanidine groups is 1. The number of ether oxygens (including phenoxy) is 2. The molecule has 0 saturated heterocycles. The van der Waals surface area contributed by atoms with Gasteiger partial charge in [0.25, 0.3) is 0 Å². The van der Waals surface area contributed by atoms with Crippen LogP contribution in [0.3, 0.4) is 0 Å². The number of hydrogen-bond donors (Lipinski definition) is 2. The zero-order valence-corrected chi connectivity index (χ0v) is 19.2. The van der Waals surface area contributed by atoms with Crippen LogP contribution in [-0.4, -0.2) is 44.4 Å². The molecule has 0 aliphatic carbocycles. The normalized spacial score (nSPS) is 10.9. The third-order valence-corrected chi connectivity index (χ3v) is 3.92. The van der Waals surface area contributed by atoms with Crippen molar-refractivity contribution in [1.82, 2.24) is 15.6 Å². The minimum absolute atomic E-state index is 0. The first-order valence-corrected chi connectivity index (χ1v) is 9.36. The topological polar surface area (TPSA) is 67.8 Å². The number of hydrogen-bond acceptors (Lipinski definition) is 4. The quantitative estimate of drug-likeness (QED) is 0.228. The van der Waals surface area contributed by atoms with Gasteiger partial charge in [0, 0.05) is 44.1 Å². The smallest absolute Gasteiger partial charge is 0.191 e. The van der Waals surface area contributed by atoms with E-state index in [2.05, 4.69) is 41.6 Å². The van der Waals surface area contributed by atoms with Crippen molar-refractivity contribution in [3.63, 3.8) is 0 Å². The van der Waals surface area contributed by atoms with Crippen LogP contribution in [0.15, 0.2) is 47.6 Å². The standard InChI is InChI=1S/C21H30N4O2.HI/c1-4-22-21(24-12-10-19-7-5-6-11-23-19)25-16-18-9-8-17(2)15-20(18)27-14-13-26-3;/h5-9,11,15H,4,10,12-14,16H2,1-3H3,(H2,22,24,25);1H. The fourth-order valence-electron chi connectivity index (χ4n) is 2.52. The molecule has 2 N–H and O–H groups in total. The van der Waals surface area contributed by atoms with E-state index in [0.717, 1.165) is 48.0 Å². The number of nitrogens with one attached hydrogen (secondary N) is 2. The number of aliphatic imine (C=N–C) groups is 1. The van der Waals surface area contributed by atoms with E-state index in [9.17, 15) is 0 Å². The van der Waals surface area contributed by atoms with E-state index in [0.29, 0.717) is 19.8 Å². The van der Waals surface area contributed by atoms with Gasteiger partial charge in [-0.1, -0.05) is 18.2 Å². The molecule has 0 aliphatic rings. The van der Waals surface area contributed by atoms with Crippen LogP contribution in [-0.2, 0) is 17.7 Å². The van der Waals surface area contributed by atoms with E-state index in [4.69, 9.17) is 14.5 Å². The maximum Gasteiger partial charge on any atom is 0.191 e. The summed E-state index contributed by atoms with van der Waals surface area (Å²) in [6.45, 7) is 7.32. The second-order valence-electron chi connectivity index (χ2n) is 6.15. The highest BCUT2D eigenvalue weighted by Gasteiger charge is 2.05. The van der Waals surface area contributed by atoms with Gasteiger partial charge in [-0.15, -0.1) is 24.0 Å². The summed E-state index contributed by atoms with van der Waals surface area (Å²) in [7, 11) is 1.67. The van der Waals surface area contributed by atoms with Crippen molar-refractivity contribution in [2.45, 2.75) is 26.8 Å². The molecule has 0 atom stereocenters. The van der Waals surface area contributed by atoms with Crippen LogP contribution in [0.5, 0.6) is 5.75 Å². The summed E-state index contributed by atoms with van der Waals surface area (Å²) in [5, 5.41) is 6.64. The summed E-state index contributed by atoms with van der Waals surface area (Å²) in [6, 6.07) is 12.2. The lowest BCUT2D eigenvalue weighted by molar-refractivity contribution is 0.145. The van der Waals surface area contributed by atoms with Crippen LogP contribution >= 0.6 is 24.0 Å². The lowest BCUT2D eigenvalue weighted by Gasteiger charge is -2.13. The summed E-state index contributed by atoms with van der Waals surface area (Å²) >= 11 is 0. The number of aromatic nitrogens is 1. The van der Waals surface area contributed by atoms with Crippen LogP contribution in [0, 0.1) is 6.92 Å². The van der Waals surface area contributed by atoms with E-state index in [1.54, 1.807) is 7.11 Å². The molecular formula is C21H31IN4O2. The summed E-state index contributed by atoms with van der Waals surface area (Å²) in [6.07, 6.45) is 2.66. The van der Waals surface area contributed by atoms with Crippen LogP contribution in [0.2, 0.25) is 0 Å². The molecule has 0 radical (unpaired) electrons. The van der Waals surface area contributed by atoms with Gasteiger partial charge in [-0.3, -0.25) is 4.98 Å². The van der Waals surface area contributed by atoms with Gasteiger partial charge in [0.05, 0.1) is 13.2 Å². The van der Waals surface area contributed by atoms with Gasteiger partial charge < -0.3 is 20.1 Å². The zero-order chi connectivity index (χ0) is 19.3. The monoisotopic (exact) mass is 498 g/mol. The van der Waals surface area contributed by atoms with Crippen molar-refractivity contribution in [3.8, 4) is 5.75 Å². The van der Waals surface area contributed by atoms with Crippen LogP contribution < -0.4 is 15.4 Å². The van der Waals surface area contributed by atoms with Gasteiger partial charge in [-0.05, 0) is 37.6 Å². The molecule has 6 nitrogen and oxygen atoms in total. The molecule has 28 heavy (non-hydrogen) atoms. The largest absolute Gasteiger partial charge is 0.491 e. The van der Waals surface area contributed by atoms with Crippen molar-refractivity contribution in [1.29, 1.82) is 0 Å². The summed E-state index contributed by atoms with van der Waals surface area (Å²) < 4.78 is 10.9. The number of methoxy groups -OCH3 is 1. The van der Waals surface area contributed by atoms with E-state index < -0.39 is 0 Å². The molecule has 0 amide bonds. The lowest BCUT2D eigenvalue weighted by Crippen LogP contribution is -2.38. The molecule has 1 aromatic heterocycles. The van der Waals surface area contributed by atoms with Gasteiger partial charge in [-0.25, -0.2) is 4.99 Å². The highest BCUT2D eigenvalue weighted by molar-refractivity contribution is 14.0. The van der Waals surface area contributed by atoms with E-state index in [1.165, 1.54) is 0 Å². The molecule has 1 aromatic carbocycles. The molecule has 0 aliphatic heterocycles. The molecule has 1 heterocycles. The summed E-state index contributed by atoms with van der Waals surface area (Å²) in [5.74, 6) is 1.65. The van der Waals surface area contributed by atoms with Crippen molar-refractivity contribution in [3.05, 3.63) is 59.4 Å². The minimum atomic E-state index is 0. The average molecular weight is 498 g/mol. The molecule has 0 spiro atoms. The Kier molecular flexibility index (Phi) is 12.2. The highest BCUT2D eigenvalue weighted by atomic mass is 127. The van der Waals surface area contributed by atoms with Gasteiger partial charge in [0.1, 0.15) is 12.4 Å². The number of halogens is 1. The predicted molar refractivity (Wildman–Crippen MR) is 125 cm³/mol. The number of nitrogens with zero attached hydrogens (tertiary/aromatic N) is 2.